The van der Waals surface area contributed by atoms with Crippen LogP contribution in [0.3, 0.4) is 0 Å². The van der Waals surface area contributed by atoms with Gasteiger partial charge in [0.15, 0.2) is 17.2 Å². The van der Waals surface area contributed by atoms with Crippen molar-refractivity contribution in [3.63, 3.8) is 0 Å². The average molecular weight is 452 g/mol. The number of nitrogens with zero attached hydrogens (tertiary/aromatic N) is 6. The summed E-state index contributed by atoms with van der Waals surface area (Å²) in [6.07, 6.45) is 3.26. The molecule has 3 aromatic heterocycles. The molecule has 33 heavy (non-hydrogen) atoms. The Hall–Kier alpha value is -4.15. The molecule has 11 heteroatoms. The molecule has 5 aromatic rings. The molecule has 0 saturated heterocycles. The summed E-state index contributed by atoms with van der Waals surface area (Å²) in [4.78, 5) is 26.3. The van der Waals surface area contributed by atoms with Gasteiger partial charge in [0.05, 0.1) is 29.9 Å². The number of halogens is 3. The Morgan fingerprint density at radius 1 is 1.06 bits per heavy atom. The molecule has 0 saturated carbocycles. The third kappa shape index (κ3) is 2.85. The van der Waals surface area contributed by atoms with Gasteiger partial charge in [-0.1, -0.05) is 0 Å². The number of ether oxygens (including phenoxy) is 1. The van der Waals surface area contributed by atoms with Gasteiger partial charge in [-0.15, -0.1) is 0 Å². The maximum atomic E-state index is 14.3. The highest BCUT2D eigenvalue weighted by atomic mass is 19.1. The smallest absolute Gasteiger partial charge is 0.330 e. The normalized spacial score (nSPS) is 15.7. The zero-order chi connectivity index (χ0) is 22.9. The molecule has 4 heterocycles. The molecule has 166 valence electrons. The van der Waals surface area contributed by atoms with Crippen molar-refractivity contribution in [1.82, 2.24) is 28.7 Å². The van der Waals surface area contributed by atoms with E-state index >= 15 is 0 Å². The van der Waals surface area contributed by atoms with Crippen LogP contribution in [0.4, 0.5) is 13.2 Å². The Labute approximate surface area is 183 Å². The summed E-state index contributed by atoms with van der Waals surface area (Å²) in [5, 5.41) is 0. The fraction of sp³-hybridized carbons (Fsp3) is 0.182. The van der Waals surface area contributed by atoms with Gasteiger partial charge in [-0.25, -0.2) is 27.9 Å². The van der Waals surface area contributed by atoms with Gasteiger partial charge in [0.2, 0.25) is 5.95 Å². The van der Waals surface area contributed by atoms with E-state index in [9.17, 15) is 18.0 Å². The van der Waals surface area contributed by atoms with E-state index in [1.807, 2.05) is 0 Å². The van der Waals surface area contributed by atoms with E-state index in [-0.39, 0.29) is 29.5 Å². The quantitative estimate of drug-likeness (QED) is 0.411. The van der Waals surface area contributed by atoms with Gasteiger partial charge in [-0.2, -0.15) is 4.98 Å². The van der Waals surface area contributed by atoms with E-state index in [0.29, 0.717) is 23.0 Å². The van der Waals surface area contributed by atoms with Crippen LogP contribution in [-0.2, 0) is 7.05 Å². The zero-order valence-corrected chi connectivity index (χ0v) is 17.2. The SMILES string of the molecule is Cn1c(=O)n([C@@H]2CCOc3c(F)cc(F)cc32)c2nc(-n3cnc4ccc(F)cc43)ncc21. The fourth-order valence-electron chi connectivity index (χ4n) is 4.34. The largest absolute Gasteiger partial charge is 0.490 e. The van der Waals surface area contributed by atoms with Gasteiger partial charge in [0, 0.05) is 31.2 Å². The number of aryl methyl sites for hydroxylation is 1. The molecule has 1 aliphatic rings. The molecule has 0 aliphatic carbocycles. The monoisotopic (exact) mass is 452 g/mol. The Bertz CT molecular complexity index is 1640. The molecule has 0 radical (unpaired) electrons. The van der Waals surface area contributed by atoms with Crippen molar-refractivity contribution in [2.45, 2.75) is 12.5 Å². The fourth-order valence-corrected chi connectivity index (χ4v) is 4.34. The standard InChI is InChI=1S/C22H15F3N6O2/c1-29-18-9-26-21(30-10-27-15-3-2-11(23)8-17(15)30)28-20(18)31(22(29)32)16-4-5-33-19-13(16)6-12(24)7-14(19)25/h2-3,6-10,16H,4-5H2,1H3/t16-/m1/s1. The molecule has 1 atom stereocenters. The van der Waals surface area contributed by atoms with Crippen molar-refractivity contribution >= 4 is 22.2 Å². The van der Waals surface area contributed by atoms with Crippen molar-refractivity contribution in [1.29, 1.82) is 0 Å². The summed E-state index contributed by atoms with van der Waals surface area (Å²) in [6.45, 7) is 0.145. The first-order chi connectivity index (χ1) is 15.9. The van der Waals surface area contributed by atoms with E-state index in [0.717, 1.165) is 6.07 Å². The number of hydrogen-bond donors (Lipinski definition) is 0. The molecule has 1 aliphatic heterocycles. The van der Waals surface area contributed by atoms with Crippen molar-refractivity contribution in [2.75, 3.05) is 6.61 Å². The Morgan fingerprint density at radius 3 is 2.76 bits per heavy atom. The molecule has 0 bridgehead atoms. The lowest BCUT2D eigenvalue weighted by Gasteiger charge is -2.27. The minimum Gasteiger partial charge on any atom is -0.490 e. The zero-order valence-electron chi connectivity index (χ0n) is 17.2. The average Bonchev–Trinajstić information content (AvgIpc) is 3.32. The Morgan fingerprint density at radius 2 is 1.91 bits per heavy atom. The highest BCUT2D eigenvalue weighted by Gasteiger charge is 2.30. The maximum absolute atomic E-state index is 14.3. The summed E-state index contributed by atoms with van der Waals surface area (Å²) in [7, 11) is 1.57. The van der Waals surface area contributed by atoms with Gasteiger partial charge in [0.1, 0.15) is 23.5 Å². The van der Waals surface area contributed by atoms with Crippen LogP contribution in [0.15, 0.2) is 47.7 Å². The highest BCUT2D eigenvalue weighted by molar-refractivity contribution is 5.77. The van der Waals surface area contributed by atoms with Crippen LogP contribution < -0.4 is 10.4 Å². The number of imidazole rings is 2. The number of aromatic nitrogens is 6. The lowest BCUT2D eigenvalue weighted by Crippen LogP contribution is -2.30. The van der Waals surface area contributed by atoms with Gasteiger partial charge >= 0.3 is 5.69 Å². The summed E-state index contributed by atoms with van der Waals surface area (Å²) >= 11 is 0. The van der Waals surface area contributed by atoms with Crippen LogP contribution in [0, 0.1) is 17.5 Å². The molecule has 0 unspecified atom stereocenters. The predicted molar refractivity (Wildman–Crippen MR) is 112 cm³/mol. The molecule has 6 rings (SSSR count). The molecular weight excluding hydrogens is 437 g/mol. The van der Waals surface area contributed by atoms with Gasteiger partial charge in [-0.3, -0.25) is 13.7 Å². The summed E-state index contributed by atoms with van der Waals surface area (Å²) in [5.74, 6) is -1.94. The van der Waals surface area contributed by atoms with E-state index in [1.165, 1.54) is 44.4 Å². The van der Waals surface area contributed by atoms with E-state index in [1.54, 1.807) is 13.1 Å². The Balaban J connectivity index is 1.60. The van der Waals surface area contributed by atoms with Crippen molar-refractivity contribution in [3.05, 3.63) is 76.4 Å². The van der Waals surface area contributed by atoms with Crippen molar-refractivity contribution < 1.29 is 17.9 Å². The van der Waals surface area contributed by atoms with Crippen LogP contribution in [0.2, 0.25) is 0 Å². The van der Waals surface area contributed by atoms with E-state index in [2.05, 4.69) is 15.0 Å². The second-order valence-electron chi connectivity index (χ2n) is 7.80. The summed E-state index contributed by atoms with van der Waals surface area (Å²) in [6, 6.07) is 5.38. The molecule has 2 aromatic carbocycles. The molecule has 8 nitrogen and oxygen atoms in total. The maximum Gasteiger partial charge on any atom is 0.330 e. The minimum absolute atomic E-state index is 0.0816. The predicted octanol–water partition coefficient (Wildman–Crippen LogP) is 3.26. The van der Waals surface area contributed by atoms with Crippen LogP contribution in [0.1, 0.15) is 18.0 Å². The molecule has 0 spiro atoms. The van der Waals surface area contributed by atoms with Crippen molar-refractivity contribution in [3.8, 4) is 11.7 Å². The van der Waals surface area contributed by atoms with Gasteiger partial charge in [-0.05, 0) is 18.2 Å². The van der Waals surface area contributed by atoms with Gasteiger partial charge in [0.25, 0.3) is 0 Å². The second-order valence-corrected chi connectivity index (χ2v) is 7.80. The highest BCUT2D eigenvalue weighted by Crippen LogP contribution is 2.37. The summed E-state index contributed by atoms with van der Waals surface area (Å²) in [5.41, 5.74) is 1.52. The Kier molecular flexibility index (Phi) is 4.10. The first kappa shape index (κ1) is 19.5. The third-order valence-electron chi connectivity index (χ3n) is 5.89. The first-order valence-electron chi connectivity index (χ1n) is 10.1. The summed E-state index contributed by atoms with van der Waals surface area (Å²) < 4.78 is 51.9. The van der Waals surface area contributed by atoms with Crippen LogP contribution in [0.25, 0.3) is 28.1 Å². The van der Waals surface area contributed by atoms with Crippen LogP contribution in [-0.4, -0.2) is 35.3 Å². The molecule has 0 amide bonds. The van der Waals surface area contributed by atoms with E-state index < -0.39 is 29.2 Å². The lowest BCUT2D eigenvalue weighted by atomic mass is 10.00. The van der Waals surface area contributed by atoms with Gasteiger partial charge < -0.3 is 4.74 Å². The van der Waals surface area contributed by atoms with Crippen LogP contribution >= 0.6 is 0 Å². The number of benzene rings is 2. The number of rotatable bonds is 2. The minimum atomic E-state index is -0.829. The number of hydrogen-bond acceptors (Lipinski definition) is 5. The topological polar surface area (TPSA) is 79.8 Å². The second kappa shape index (κ2) is 6.92. The molecule has 0 N–H and O–H groups in total. The lowest BCUT2D eigenvalue weighted by molar-refractivity contribution is 0.242. The number of fused-ring (bicyclic) bond motifs is 3. The van der Waals surface area contributed by atoms with E-state index in [4.69, 9.17) is 4.74 Å². The van der Waals surface area contributed by atoms with Crippen molar-refractivity contribution in [2.24, 2.45) is 7.05 Å². The first-order valence-corrected chi connectivity index (χ1v) is 10.1. The molecular formula is C22H15F3N6O2. The van der Waals surface area contributed by atoms with Crippen LogP contribution in [0.5, 0.6) is 5.75 Å². The molecule has 0 fully saturated rings. The third-order valence-corrected chi connectivity index (χ3v) is 5.89.